The molecule has 4 heteroatoms. The molecule has 0 fully saturated rings. The average molecular weight is 308 g/mol. The summed E-state index contributed by atoms with van der Waals surface area (Å²) in [6.07, 6.45) is 1.92. The van der Waals surface area contributed by atoms with E-state index in [1.807, 2.05) is 12.1 Å². The van der Waals surface area contributed by atoms with Crippen LogP contribution in [0, 0.1) is 11.7 Å². The van der Waals surface area contributed by atoms with Crippen LogP contribution in [0.15, 0.2) is 53.6 Å². The van der Waals surface area contributed by atoms with E-state index in [2.05, 4.69) is 17.2 Å². The fourth-order valence-corrected chi connectivity index (χ4v) is 3.72. The Morgan fingerprint density at radius 2 is 1.91 bits per heavy atom. The third-order valence-corrected chi connectivity index (χ3v) is 4.76. The molecule has 2 aromatic carbocycles. The van der Waals surface area contributed by atoms with Crippen molar-refractivity contribution in [1.29, 1.82) is 0 Å². The number of hydrogen-bond donors (Lipinski definition) is 0. The van der Waals surface area contributed by atoms with E-state index in [0.29, 0.717) is 0 Å². The normalized spacial score (nSPS) is 22.3. The minimum Gasteiger partial charge on any atom is -0.273 e. The molecule has 4 rings (SSSR count). The molecule has 1 aliphatic carbocycles. The number of hydrazone groups is 1. The molecule has 0 radical (unpaired) electrons. The van der Waals surface area contributed by atoms with Gasteiger partial charge in [0.15, 0.2) is 0 Å². The zero-order valence-electron chi connectivity index (χ0n) is 12.9. The van der Waals surface area contributed by atoms with E-state index in [4.69, 9.17) is 0 Å². The zero-order valence-corrected chi connectivity index (χ0v) is 12.9. The van der Waals surface area contributed by atoms with Gasteiger partial charge >= 0.3 is 0 Å². The summed E-state index contributed by atoms with van der Waals surface area (Å²) in [6, 6.07) is 14.5. The molecule has 0 aromatic heterocycles. The third kappa shape index (κ3) is 2.25. The number of carbonyl (C=O) groups is 1. The fourth-order valence-electron chi connectivity index (χ4n) is 3.72. The number of halogens is 1. The molecule has 1 aliphatic heterocycles. The second-order valence-electron chi connectivity index (χ2n) is 6.15. The monoisotopic (exact) mass is 308 g/mol. The first kappa shape index (κ1) is 14.1. The zero-order chi connectivity index (χ0) is 16.0. The summed E-state index contributed by atoms with van der Waals surface area (Å²) in [5, 5.41) is 6.20. The van der Waals surface area contributed by atoms with E-state index >= 15 is 0 Å². The molecule has 1 amide bonds. The smallest absolute Gasteiger partial charge is 0.240 e. The van der Waals surface area contributed by atoms with Crippen LogP contribution in [-0.2, 0) is 11.2 Å². The Balaban J connectivity index is 1.80. The number of benzene rings is 2. The van der Waals surface area contributed by atoms with Gasteiger partial charge in [0.2, 0.25) is 5.91 Å². The average Bonchev–Trinajstić information content (AvgIpc) is 2.96. The number of carbonyl (C=O) groups excluding carboxylic acids is 1. The van der Waals surface area contributed by atoms with Crippen molar-refractivity contribution < 1.29 is 9.18 Å². The quantitative estimate of drug-likeness (QED) is 0.790. The van der Waals surface area contributed by atoms with Gasteiger partial charge in [0, 0.05) is 18.4 Å². The first-order valence-corrected chi connectivity index (χ1v) is 7.87. The molecule has 0 saturated carbocycles. The minimum absolute atomic E-state index is 0.0845. The van der Waals surface area contributed by atoms with Gasteiger partial charge < -0.3 is 0 Å². The van der Waals surface area contributed by atoms with Gasteiger partial charge in [-0.15, -0.1) is 0 Å². The molecule has 0 unspecified atom stereocenters. The second kappa shape index (κ2) is 5.30. The summed E-state index contributed by atoms with van der Waals surface area (Å²) in [5.41, 5.74) is 4.34. The standard InChI is InChI=1S/C19H17FN2O/c1-12(23)22-19(14-6-9-15(20)10-7-14)17-11-8-13-4-2-3-5-16(13)18(17)21-22/h2-7,9-10,17,19H,8,11H2,1H3/t17-,19+/m1/s1. The van der Waals surface area contributed by atoms with E-state index in [9.17, 15) is 9.18 Å². The molecule has 2 atom stereocenters. The Hall–Kier alpha value is -2.49. The highest BCUT2D eigenvalue weighted by Crippen LogP contribution is 2.43. The predicted octanol–water partition coefficient (Wildman–Crippen LogP) is 3.70. The first-order valence-electron chi connectivity index (χ1n) is 7.87. The number of amides is 1. The topological polar surface area (TPSA) is 32.7 Å². The van der Waals surface area contributed by atoms with E-state index in [-0.39, 0.29) is 23.7 Å². The van der Waals surface area contributed by atoms with E-state index in [1.165, 1.54) is 24.6 Å². The van der Waals surface area contributed by atoms with Crippen molar-refractivity contribution in [3.63, 3.8) is 0 Å². The van der Waals surface area contributed by atoms with Gasteiger partial charge in [0.05, 0.1) is 11.8 Å². The molecular weight excluding hydrogens is 291 g/mol. The summed E-state index contributed by atoms with van der Waals surface area (Å²) >= 11 is 0. The fraction of sp³-hybridized carbons (Fsp3) is 0.263. The largest absolute Gasteiger partial charge is 0.273 e. The molecule has 116 valence electrons. The Kier molecular flexibility index (Phi) is 3.26. The Labute approximate surface area is 134 Å². The van der Waals surface area contributed by atoms with Crippen molar-refractivity contribution in [1.82, 2.24) is 5.01 Å². The summed E-state index contributed by atoms with van der Waals surface area (Å²) in [4.78, 5) is 12.1. The van der Waals surface area contributed by atoms with Crippen LogP contribution in [0.3, 0.4) is 0 Å². The van der Waals surface area contributed by atoms with Crippen LogP contribution in [0.2, 0.25) is 0 Å². The molecule has 2 aliphatic rings. The van der Waals surface area contributed by atoms with Gasteiger partial charge in [-0.25, -0.2) is 9.40 Å². The van der Waals surface area contributed by atoms with E-state index in [0.717, 1.165) is 29.7 Å². The Morgan fingerprint density at radius 1 is 1.17 bits per heavy atom. The number of aryl methyl sites for hydroxylation is 1. The molecule has 2 aromatic rings. The first-order chi connectivity index (χ1) is 11.1. The van der Waals surface area contributed by atoms with Crippen LogP contribution in [0.4, 0.5) is 4.39 Å². The third-order valence-electron chi connectivity index (χ3n) is 4.76. The van der Waals surface area contributed by atoms with Gasteiger partial charge in [-0.2, -0.15) is 5.10 Å². The number of nitrogens with zero attached hydrogens (tertiary/aromatic N) is 2. The van der Waals surface area contributed by atoms with Crippen LogP contribution in [0.1, 0.15) is 36.1 Å². The maximum Gasteiger partial charge on any atom is 0.240 e. The maximum atomic E-state index is 13.3. The van der Waals surface area contributed by atoms with Crippen molar-refractivity contribution in [2.24, 2.45) is 11.0 Å². The van der Waals surface area contributed by atoms with Gasteiger partial charge in [-0.3, -0.25) is 4.79 Å². The molecule has 0 spiro atoms. The number of fused-ring (bicyclic) bond motifs is 3. The maximum absolute atomic E-state index is 13.3. The minimum atomic E-state index is -0.267. The molecule has 1 heterocycles. The number of hydrogen-bond acceptors (Lipinski definition) is 2. The van der Waals surface area contributed by atoms with Gasteiger partial charge in [-0.05, 0) is 36.1 Å². The molecule has 0 bridgehead atoms. The highest BCUT2D eigenvalue weighted by molar-refractivity contribution is 6.06. The van der Waals surface area contributed by atoms with Crippen molar-refractivity contribution in [2.45, 2.75) is 25.8 Å². The van der Waals surface area contributed by atoms with Gasteiger partial charge in [0.25, 0.3) is 0 Å². The Morgan fingerprint density at radius 3 is 2.65 bits per heavy atom. The summed E-state index contributed by atoms with van der Waals surface area (Å²) in [6.45, 7) is 1.53. The second-order valence-corrected chi connectivity index (χ2v) is 6.15. The molecule has 0 saturated heterocycles. The Bertz CT molecular complexity index is 797. The van der Waals surface area contributed by atoms with E-state index < -0.39 is 0 Å². The van der Waals surface area contributed by atoms with Crippen LogP contribution >= 0.6 is 0 Å². The highest BCUT2D eigenvalue weighted by Gasteiger charge is 2.42. The highest BCUT2D eigenvalue weighted by atomic mass is 19.1. The molecule has 23 heavy (non-hydrogen) atoms. The molecular formula is C19H17FN2O. The lowest BCUT2D eigenvalue weighted by Gasteiger charge is -2.29. The van der Waals surface area contributed by atoms with Crippen LogP contribution in [0.5, 0.6) is 0 Å². The van der Waals surface area contributed by atoms with Crippen LogP contribution in [0.25, 0.3) is 0 Å². The van der Waals surface area contributed by atoms with Crippen molar-refractivity contribution >= 4 is 11.6 Å². The van der Waals surface area contributed by atoms with Gasteiger partial charge in [0.1, 0.15) is 5.82 Å². The molecule has 0 N–H and O–H groups in total. The SMILES string of the molecule is CC(=O)N1N=C2c3ccccc3CC[C@H]2[C@@H]1c1ccc(F)cc1. The lowest BCUT2D eigenvalue weighted by molar-refractivity contribution is -0.131. The van der Waals surface area contributed by atoms with Crippen LogP contribution < -0.4 is 0 Å². The summed E-state index contributed by atoms with van der Waals surface area (Å²) in [5.74, 6) is -0.186. The van der Waals surface area contributed by atoms with E-state index in [1.54, 1.807) is 17.1 Å². The van der Waals surface area contributed by atoms with Crippen molar-refractivity contribution in [3.05, 3.63) is 71.0 Å². The predicted molar refractivity (Wildman–Crippen MR) is 86.5 cm³/mol. The van der Waals surface area contributed by atoms with Crippen molar-refractivity contribution in [3.8, 4) is 0 Å². The number of rotatable bonds is 1. The van der Waals surface area contributed by atoms with Crippen molar-refractivity contribution in [2.75, 3.05) is 0 Å². The lowest BCUT2D eigenvalue weighted by atomic mass is 9.77. The molecule has 3 nitrogen and oxygen atoms in total. The van der Waals surface area contributed by atoms with Gasteiger partial charge in [-0.1, -0.05) is 36.4 Å². The lowest BCUT2D eigenvalue weighted by Crippen LogP contribution is -2.31. The van der Waals surface area contributed by atoms with Crippen LogP contribution in [-0.4, -0.2) is 16.6 Å². The summed E-state index contributed by atoms with van der Waals surface area (Å²) < 4.78 is 13.3. The summed E-state index contributed by atoms with van der Waals surface area (Å²) in [7, 11) is 0.